The summed E-state index contributed by atoms with van der Waals surface area (Å²) in [5, 5.41) is 27.3. The molecule has 0 amide bonds. The number of hydrogen-bond acceptors (Lipinski definition) is 5. The number of aliphatic hydroxyl groups is 2. The van der Waals surface area contributed by atoms with E-state index in [0.717, 1.165) is 52.0 Å². The lowest BCUT2D eigenvalue weighted by Crippen LogP contribution is -2.57. The Morgan fingerprint density at radius 1 is 1.14 bits per heavy atom. The summed E-state index contributed by atoms with van der Waals surface area (Å²) in [6.45, 7) is 7.13. The lowest BCUT2D eigenvalue weighted by Gasteiger charge is -2.49. The van der Waals surface area contributed by atoms with E-state index in [1.165, 1.54) is 18.4 Å². The van der Waals surface area contributed by atoms with Crippen LogP contribution in [0.4, 0.5) is 0 Å². The van der Waals surface area contributed by atoms with Crippen molar-refractivity contribution in [1.29, 1.82) is 0 Å². The number of likely N-dealkylation sites (tertiary alicyclic amines) is 2. The van der Waals surface area contributed by atoms with E-state index in [2.05, 4.69) is 47.1 Å². The second-order valence-electron chi connectivity index (χ2n) is 8.14. The predicted molar refractivity (Wildman–Crippen MR) is 110 cm³/mol. The minimum atomic E-state index is -0.355. The van der Waals surface area contributed by atoms with Gasteiger partial charge in [-0.15, -0.1) is 0 Å². The first kappa shape index (κ1) is 22.8. The molecule has 0 unspecified atom stereocenters. The standard InChI is InChI=1S/C21H34N2O2.CH2O2/c1-2-11-21(17-24)16-23(14-10-20(21)25)19-8-12-22(13-9-19)15-18-6-4-3-5-7-18;2-1-3/h3-7,19-20,24-25H,2,8-17H2,1H3;1H,(H,2,3)/t20-,21+;/m0./s1. The van der Waals surface area contributed by atoms with Gasteiger partial charge in [-0.25, -0.2) is 0 Å². The number of aliphatic hydroxyl groups excluding tert-OH is 2. The van der Waals surface area contributed by atoms with Crippen molar-refractivity contribution in [1.82, 2.24) is 9.80 Å². The van der Waals surface area contributed by atoms with Gasteiger partial charge in [0.1, 0.15) is 0 Å². The van der Waals surface area contributed by atoms with Gasteiger partial charge in [0.25, 0.3) is 6.47 Å². The predicted octanol–water partition coefficient (Wildman–Crippen LogP) is 2.20. The molecule has 3 N–H and O–H groups in total. The highest BCUT2D eigenvalue weighted by molar-refractivity contribution is 5.32. The number of hydrogen-bond donors (Lipinski definition) is 3. The third kappa shape index (κ3) is 6.01. The zero-order chi connectivity index (χ0) is 20.4. The van der Waals surface area contributed by atoms with Crippen LogP contribution in [-0.4, -0.2) is 76.5 Å². The second kappa shape index (κ2) is 11.5. The topological polar surface area (TPSA) is 84.2 Å². The Kier molecular flexibility index (Phi) is 9.38. The molecule has 2 aliphatic rings. The molecule has 158 valence electrons. The molecule has 1 aromatic carbocycles. The molecule has 2 saturated heterocycles. The maximum atomic E-state index is 10.5. The van der Waals surface area contributed by atoms with Crippen LogP contribution in [0.15, 0.2) is 30.3 Å². The summed E-state index contributed by atoms with van der Waals surface area (Å²) < 4.78 is 0. The van der Waals surface area contributed by atoms with Crippen LogP contribution in [0.1, 0.15) is 44.6 Å². The minimum absolute atomic E-state index is 0.103. The summed E-state index contributed by atoms with van der Waals surface area (Å²) in [6, 6.07) is 11.3. The smallest absolute Gasteiger partial charge is 0.290 e. The Labute approximate surface area is 168 Å². The lowest BCUT2D eigenvalue weighted by molar-refractivity contribution is -0.122. The molecule has 0 spiro atoms. The molecule has 2 heterocycles. The van der Waals surface area contributed by atoms with Gasteiger partial charge in [0.15, 0.2) is 0 Å². The summed E-state index contributed by atoms with van der Waals surface area (Å²) in [5.41, 5.74) is 1.08. The van der Waals surface area contributed by atoms with Gasteiger partial charge in [0.05, 0.1) is 12.7 Å². The molecule has 0 radical (unpaired) electrons. The normalized spacial score (nSPS) is 27.0. The maximum Gasteiger partial charge on any atom is 0.290 e. The van der Waals surface area contributed by atoms with Gasteiger partial charge in [-0.1, -0.05) is 43.7 Å². The monoisotopic (exact) mass is 392 g/mol. The van der Waals surface area contributed by atoms with Crippen molar-refractivity contribution in [2.75, 3.05) is 32.8 Å². The van der Waals surface area contributed by atoms with Crippen molar-refractivity contribution in [2.24, 2.45) is 5.41 Å². The number of nitrogens with zero attached hydrogens (tertiary/aromatic N) is 2. The van der Waals surface area contributed by atoms with Crippen LogP contribution >= 0.6 is 0 Å². The van der Waals surface area contributed by atoms with Gasteiger partial charge in [0, 0.05) is 31.1 Å². The number of carbonyl (C=O) groups is 1. The highest BCUT2D eigenvalue weighted by Crippen LogP contribution is 2.36. The van der Waals surface area contributed by atoms with Crippen molar-refractivity contribution >= 4 is 6.47 Å². The van der Waals surface area contributed by atoms with Crippen LogP contribution in [0.3, 0.4) is 0 Å². The van der Waals surface area contributed by atoms with Gasteiger partial charge in [0.2, 0.25) is 0 Å². The van der Waals surface area contributed by atoms with Crippen LogP contribution in [-0.2, 0) is 11.3 Å². The fraction of sp³-hybridized carbons (Fsp3) is 0.682. The molecule has 1 aromatic rings. The number of rotatable bonds is 6. The molecule has 0 aromatic heterocycles. The fourth-order valence-electron chi connectivity index (χ4n) is 4.76. The highest BCUT2D eigenvalue weighted by Gasteiger charge is 2.43. The van der Waals surface area contributed by atoms with Gasteiger partial charge >= 0.3 is 0 Å². The Bertz CT molecular complexity index is 563. The van der Waals surface area contributed by atoms with E-state index in [1.807, 2.05) is 0 Å². The molecule has 0 saturated carbocycles. The molecule has 28 heavy (non-hydrogen) atoms. The van der Waals surface area contributed by atoms with Gasteiger partial charge in [-0.2, -0.15) is 0 Å². The van der Waals surface area contributed by atoms with E-state index in [4.69, 9.17) is 9.90 Å². The van der Waals surface area contributed by atoms with Crippen molar-refractivity contribution in [2.45, 2.75) is 57.7 Å². The van der Waals surface area contributed by atoms with Crippen molar-refractivity contribution in [3.05, 3.63) is 35.9 Å². The van der Waals surface area contributed by atoms with Crippen molar-refractivity contribution in [3.63, 3.8) is 0 Å². The van der Waals surface area contributed by atoms with Crippen LogP contribution in [0.2, 0.25) is 0 Å². The SMILES string of the molecule is CCC[C@]1(CO)CN(C2CCN(Cc3ccccc3)CC2)CC[C@@H]1O.O=CO. The fourth-order valence-corrected chi connectivity index (χ4v) is 4.76. The molecule has 0 aliphatic carbocycles. The van der Waals surface area contributed by atoms with E-state index in [0.29, 0.717) is 6.04 Å². The maximum absolute atomic E-state index is 10.5. The quantitative estimate of drug-likeness (QED) is 0.644. The largest absolute Gasteiger partial charge is 0.483 e. The first-order chi connectivity index (χ1) is 13.6. The average molecular weight is 393 g/mol. The Hall–Kier alpha value is -1.47. The van der Waals surface area contributed by atoms with E-state index in [-0.39, 0.29) is 24.6 Å². The molecular weight excluding hydrogens is 356 g/mol. The molecule has 2 atom stereocenters. The number of benzene rings is 1. The van der Waals surface area contributed by atoms with Crippen molar-refractivity contribution < 1.29 is 20.1 Å². The summed E-state index contributed by atoms with van der Waals surface area (Å²) in [4.78, 5) is 13.5. The first-order valence-electron chi connectivity index (χ1n) is 10.5. The van der Waals surface area contributed by atoms with Crippen LogP contribution in [0.25, 0.3) is 0 Å². The molecule has 2 fully saturated rings. The molecule has 6 heteroatoms. The molecule has 6 nitrogen and oxygen atoms in total. The Morgan fingerprint density at radius 2 is 1.79 bits per heavy atom. The zero-order valence-corrected chi connectivity index (χ0v) is 17.0. The highest BCUT2D eigenvalue weighted by atomic mass is 16.3. The van der Waals surface area contributed by atoms with E-state index in [1.54, 1.807) is 0 Å². The first-order valence-corrected chi connectivity index (χ1v) is 10.5. The second-order valence-corrected chi connectivity index (χ2v) is 8.14. The average Bonchev–Trinajstić information content (AvgIpc) is 2.72. The Balaban J connectivity index is 0.000000878. The van der Waals surface area contributed by atoms with Crippen LogP contribution in [0.5, 0.6) is 0 Å². The third-order valence-electron chi connectivity index (χ3n) is 6.30. The van der Waals surface area contributed by atoms with Gasteiger partial charge < -0.3 is 15.3 Å². The number of piperidine rings is 2. The van der Waals surface area contributed by atoms with Crippen LogP contribution < -0.4 is 0 Å². The third-order valence-corrected chi connectivity index (χ3v) is 6.30. The van der Waals surface area contributed by atoms with Gasteiger partial charge in [-0.3, -0.25) is 14.6 Å². The molecular formula is C22H36N2O4. The van der Waals surface area contributed by atoms with E-state index >= 15 is 0 Å². The van der Waals surface area contributed by atoms with Gasteiger partial charge in [-0.05, 0) is 44.3 Å². The molecule has 0 bridgehead atoms. The zero-order valence-electron chi connectivity index (χ0n) is 17.0. The van der Waals surface area contributed by atoms with E-state index < -0.39 is 0 Å². The summed E-state index contributed by atoms with van der Waals surface area (Å²) >= 11 is 0. The summed E-state index contributed by atoms with van der Waals surface area (Å²) in [7, 11) is 0. The van der Waals surface area contributed by atoms with Crippen LogP contribution in [0, 0.1) is 5.41 Å². The Morgan fingerprint density at radius 3 is 2.36 bits per heavy atom. The summed E-state index contributed by atoms with van der Waals surface area (Å²) in [6.07, 6.45) is 4.75. The molecule has 3 rings (SSSR count). The van der Waals surface area contributed by atoms with Crippen molar-refractivity contribution in [3.8, 4) is 0 Å². The number of carboxylic acid groups (broad SMARTS) is 1. The lowest BCUT2D eigenvalue weighted by atomic mass is 9.74. The summed E-state index contributed by atoms with van der Waals surface area (Å²) in [5.74, 6) is 0. The minimum Gasteiger partial charge on any atom is -0.483 e. The molecule has 2 aliphatic heterocycles. The van der Waals surface area contributed by atoms with E-state index in [9.17, 15) is 10.2 Å².